The molecule has 102 valence electrons. The lowest BCUT2D eigenvalue weighted by Crippen LogP contribution is -2.43. The van der Waals surface area contributed by atoms with Gasteiger partial charge in [0.2, 0.25) is 0 Å². The Labute approximate surface area is 107 Å². The summed E-state index contributed by atoms with van der Waals surface area (Å²) in [7, 11) is 0. The predicted octanol–water partition coefficient (Wildman–Crippen LogP) is 0.839. The van der Waals surface area contributed by atoms with Gasteiger partial charge in [-0.05, 0) is 13.3 Å². The maximum atomic E-state index is 11.7. The average molecular weight is 256 g/mol. The van der Waals surface area contributed by atoms with Crippen molar-refractivity contribution in [2.24, 2.45) is 0 Å². The highest BCUT2D eigenvalue weighted by Crippen LogP contribution is 2.08. The lowest BCUT2D eigenvalue weighted by Gasteiger charge is -2.25. The molecule has 2 N–H and O–H groups in total. The summed E-state index contributed by atoms with van der Waals surface area (Å²) >= 11 is 0. The summed E-state index contributed by atoms with van der Waals surface area (Å²) in [6, 6.07) is -0.0967. The van der Waals surface area contributed by atoms with Crippen LogP contribution in [-0.4, -0.2) is 54.9 Å². The SMILES string of the molecule is CC1=CCN(C(=O)NCCOCCC(=O)O)CC1. The molecule has 1 rings (SSSR count). The highest BCUT2D eigenvalue weighted by molar-refractivity contribution is 5.74. The van der Waals surface area contributed by atoms with Crippen molar-refractivity contribution >= 4 is 12.0 Å². The van der Waals surface area contributed by atoms with Crippen molar-refractivity contribution in [3.63, 3.8) is 0 Å². The molecular formula is C12H20N2O4. The molecule has 0 radical (unpaired) electrons. The largest absolute Gasteiger partial charge is 0.481 e. The third-order valence-electron chi connectivity index (χ3n) is 2.71. The van der Waals surface area contributed by atoms with Gasteiger partial charge in [-0.25, -0.2) is 4.79 Å². The van der Waals surface area contributed by atoms with Crippen LogP contribution in [0.5, 0.6) is 0 Å². The second kappa shape index (κ2) is 7.71. The standard InChI is InChI=1S/C12H20N2O4/c1-10-2-6-14(7-3-10)12(17)13-5-9-18-8-4-11(15)16/h2H,3-9H2,1H3,(H,13,17)(H,15,16). The minimum atomic E-state index is -0.880. The molecule has 1 aliphatic rings. The maximum Gasteiger partial charge on any atom is 0.317 e. The van der Waals surface area contributed by atoms with E-state index in [0.29, 0.717) is 19.7 Å². The van der Waals surface area contributed by atoms with E-state index in [4.69, 9.17) is 9.84 Å². The molecule has 6 nitrogen and oxygen atoms in total. The third kappa shape index (κ3) is 5.67. The van der Waals surface area contributed by atoms with E-state index < -0.39 is 5.97 Å². The summed E-state index contributed by atoms with van der Waals surface area (Å²) < 4.78 is 5.07. The molecule has 0 aromatic rings. The second-order valence-corrected chi connectivity index (χ2v) is 4.23. The minimum absolute atomic E-state index is 0.00978. The number of carbonyl (C=O) groups is 2. The number of nitrogens with one attached hydrogen (secondary N) is 1. The second-order valence-electron chi connectivity index (χ2n) is 4.23. The topological polar surface area (TPSA) is 78.9 Å². The van der Waals surface area contributed by atoms with Crippen LogP contribution >= 0.6 is 0 Å². The molecule has 1 heterocycles. The van der Waals surface area contributed by atoms with Crippen molar-refractivity contribution in [3.05, 3.63) is 11.6 Å². The number of hydrogen-bond donors (Lipinski definition) is 2. The lowest BCUT2D eigenvalue weighted by molar-refractivity contribution is -0.138. The van der Waals surface area contributed by atoms with E-state index >= 15 is 0 Å². The summed E-state index contributed by atoms with van der Waals surface area (Å²) in [6.07, 6.45) is 2.96. The van der Waals surface area contributed by atoms with E-state index in [9.17, 15) is 9.59 Å². The Hall–Kier alpha value is -1.56. The van der Waals surface area contributed by atoms with Crippen LogP contribution in [0.1, 0.15) is 19.8 Å². The first kappa shape index (κ1) is 14.5. The van der Waals surface area contributed by atoms with Crippen LogP contribution in [0.3, 0.4) is 0 Å². The Morgan fingerprint density at radius 1 is 1.50 bits per heavy atom. The molecule has 0 atom stereocenters. The zero-order valence-electron chi connectivity index (χ0n) is 10.6. The van der Waals surface area contributed by atoms with Gasteiger partial charge in [0.15, 0.2) is 0 Å². The van der Waals surface area contributed by atoms with E-state index in [1.54, 1.807) is 4.90 Å². The van der Waals surface area contributed by atoms with Crippen LogP contribution < -0.4 is 5.32 Å². The van der Waals surface area contributed by atoms with Crippen LogP contribution in [0.4, 0.5) is 4.79 Å². The van der Waals surface area contributed by atoms with E-state index in [-0.39, 0.29) is 19.1 Å². The monoisotopic (exact) mass is 256 g/mol. The Bertz CT molecular complexity index is 328. The molecule has 0 saturated carbocycles. The average Bonchev–Trinajstić information content (AvgIpc) is 2.34. The van der Waals surface area contributed by atoms with Crippen LogP contribution in [0, 0.1) is 0 Å². The van der Waals surface area contributed by atoms with Gasteiger partial charge in [-0.3, -0.25) is 4.79 Å². The Morgan fingerprint density at radius 3 is 2.89 bits per heavy atom. The first-order valence-electron chi connectivity index (χ1n) is 6.07. The molecule has 0 aromatic heterocycles. The predicted molar refractivity (Wildman–Crippen MR) is 66.4 cm³/mol. The quantitative estimate of drug-likeness (QED) is 0.545. The maximum absolute atomic E-state index is 11.7. The van der Waals surface area contributed by atoms with E-state index in [1.165, 1.54) is 5.57 Å². The summed E-state index contributed by atoms with van der Waals surface area (Å²) in [5.41, 5.74) is 1.32. The van der Waals surface area contributed by atoms with Gasteiger partial charge in [-0.2, -0.15) is 0 Å². The van der Waals surface area contributed by atoms with Crippen LogP contribution in [0.2, 0.25) is 0 Å². The first-order chi connectivity index (χ1) is 8.59. The zero-order chi connectivity index (χ0) is 13.4. The molecule has 0 aliphatic carbocycles. The number of carboxylic acids is 1. The van der Waals surface area contributed by atoms with Crippen LogP contribution in [0.25, 0.3) is 0 Å². The van der Waals surface area contributed by atoms with Gasteiger partial charge < -0.3 is 20.1 Å². The van der Waals surface area contributed by atoms with E-state index in [1.807, 2.05) is 6.08 Å². The molecule has 0 aromatic carbocycles. The first-order valence-corrected chi connectivity index (χ1v) is 6.07. The van der Waals surface area contributed by atoms with Crippen LogP contribution in [0.15, 0.2) is 11.6 Å². The van der Waals surface area contributed by atoms with E-state index in [2.05, 4.69) is 12.2 Å². The number of amides is 2. The fourth-order valence-corrected chi connectivity index (χ4v) is 1.56. The molecule has 1 aliphatic heterocycles. The van der Waals surface area contributed by atoms with E-state index in [0.717, 1.165) is 13.0 Å². The third-order valence-corrected chi connectivity index (χ3v) is 2.71. The fraction of sp³-hybridized carbons (Fsp3) is 0.667. The van der Waals surface area contributed by atoms with Crippen molar-refractivity contribution in [2.75, 3.05) is 32.8 Å². The van der Waals surface area contributed by atoms with Gasteiger partial charge in [0, 0.05) is 19.6 Å². The highest BCUT2D eigenvalue weighted by Gasteiger charge is 2.14. The summed E-state index contributed by atoms with van der Waals surface area (Å²) in [5.74, 6) is -0.880. The fourth-order valence-electron chi connectivity index (χ4n) is 1.56. The number of nitrogens with zero attached hydrogens (tertiary/aromatic N) is 1. The molecule has 0 bridgehead atoms. The zero-order valence-corrected chi connectivity index (χ0v) is 10.6. The summed E-state index contributed by atoms with van der Waals surface area (Å²) in [5, 5.41) is 11.1. The number of rotatable bonds is 6. The van der Waals surface area contributed by atoms with Crippen molar-refractivity contribution in [2.45, 2.75) is 19.8 Å². The van der Waals surface area contributed by atoms with Gasteiger partial charge in [-0.1, -0.05) is 11.6 Å². The summed E-state index contributed by atoms with van der Waals surface area (Å²) in [6.45, 7) is 4.37. The van der Waals surface area contributed by atoms with Crippen molar-refractivity contribution < 1.29 is 19.4 Å². The number of ether oxygens (including phenoxy) is 1. The molecule has 18 heavy (non-hydrogen) atoms. The number of carbonyl (C=O) groups excluding carboxylic acids is 1. The number of carboxylic acid groups (broad SMARTS) is 1. The minimum Gasteiger partial charge on any atom is -0.481 e. The normalized spacial score (nSPS) is 15.2. The number of hydrogen-bond acceptors (Lipinski definition) is 3. The van der Waals surface area contributed by atoms with Gasteiger partial charge in [0.25, 0.3) is 0 Å². The molecule has 6 heteroatoms. The lowest BCUT2D eigenvalue weighted by atomic mass is 10.1. The molecule has 0 spiro atoms. The summed E-state index contributed by atoms with van der Waals surface area (Å²) in [4.78, 5) is 23.6. The molecule has 2 amide bonds. The number of urea groups is 1. The van der Waals surface area contributed by atoms with Crippen molar-refractivity contribution in [3.8, 4) is 0 Å². The molecule has 0 unspecified atom stereocenters. The van der Waals surface area contributed by atoms with Crippen molar-refractivity contribution in [1.82, 2.24) is 10.2 Å². The Morgan fingerprint density at radius 2 is 2.28 bits per heavy atom. The van der Waals surface area contributed by atoms with Gasteiger partial charge in [0.1, 0.15) is 0 Å². The van der Waals surface area contributed by atoms with Crippen LogP contribution in [-0.2, 0) is 9.53 Å². The van der Waals surface area contributed by atoms with Gasteiger partial charge in [-0.15, -0.1) is 0 Å². The van der Waals surface area contributed by atoms with Crippen molar-refractivity contribution in [1.29, 1.82) is 0 Å². The smallest absolute Gasteiger partial charge is 0.317 e. The molecule has 0 saturated heterocycles. The Kier molecular flexibility index (Phi) is 6.21. The Balaban J connectivity index is 2.05. The molecule has 0 fully saturated rings. The van der Waals surface area contributed by atoms with Gasteiger partial charge >= 0.3 is 12.0 Å². The van der Waals surface area contributed by atoms with Gasteiger partial charge in [0.05, 0.1) is 19.6 Å². The number of aliphatic carboxylic acids is 1. The highest BCUT2D eigenvalue weighted by atomic mass is 16.5. The molecular weight excluding hydrogens is 236 g/mol.